The van der Waals surface area contributed by atoms with Gasteiger partial charge in [0.2, 0.25) is 11.8 Å². The van der Waals surface area contributed by atoms with Crippen molar-refractivity contribution in [1.82, 2.24) is 10.2 Å². The topological polar surface area (TPSA) is 62.6 Å². The first-order chi connectivity index (χ1) is 11.5. The van der Waals surface area contributed by atoms with Crippen LogP contribution in [0.2, 0.25) is 0 Å². The fourth-order valence-corrected chi connectivity index (χ4v) is 5.59. The van der Waals surface area contributed by atoms with E-state index >= 15 is 0 Å². The van der Waals surface area contributed by atoms with Gasteiger partial charge in [0, 0.05) is 12.5 Å². The quantitative estimate of drug-likeness (QED) is 0.902. The molecule has 4 bridgehead atoms. The van der Waals surface area contributed by atoms with Crippen LogP contribution in [0.3, 0.4) is 0 Å². The van der Waals surface area contributed by atoms with Crippen LogP contribution in [0.25, 0.3) is 0 Å². The molecule has 0 atom stereocenters. The molecule has 0 unspecified atom stereocenters. The standard InChI is InChI=1S/C19H26N2O3/c1-21(12-16-3-2-4-24-16)17(22)11-20-18(23)19-8-13-5-14(9-19)7-15(6-13)10-19/h2-4,13-15H,5-12H2,1H3,(H,20,23). The summed E-state index contributed by atoms with van der Waals surface area (Å²) in [6.07, 6.45) is 8.64. The van der Waals surface area contributed by atoms with E-state index in [1.54, 1.807) is 18.2 Å². The van der Waals surface area contributed by atoms with Crippen molar-refractivity contribution in [3.8, 4) is 0 Å². The third-order valence-corrected chi connectivity index (χ3v) is 6.32. The first-order valence-electron chi connectivity index (χ1n) is 9.09. The van der Waals surface area contributed by atoms with Gasteiger partial charge in [-0.1, -0.05) is 0 Å². The van der Waals surface area contributed by atoms with E-state index in [0.717, 1.165) is 42.8 Å². The Labute approximate surface area is 142 Å². The zero-order chi connectivity index (χ0) is 16.7. The van der Waals surface area contributed by atoms with Crippen molar-refractivity contribution in [3.63, 3.8) is 0 Å². The summed E-state index contributed by atoms with van der Waals surface area (Å²) in [4.78, 5) is 26.7. The molecular weight excluding hydrogens is 304 g/mol. The van der Waals surface area contributed by atoms with Gasteiger partial charge < -0.3 is 14.6 Å². The Morgan fingerprint density at radius 1 is 1.21 bits per heavy atom. The second-order valence-electron chi connectivity index (χ2n) is 8.21. The minimum atomic E-state index is -0.186. The Hall–Kier alpha value is -1.78. The Bertz CT molecular complexity index is 587. The van der Waals surface area contributed by atoms with Gasteiger partial charge in [-0.05, 0) is 68.4 Å². The largest absolute Gasteiger partial charge is 0.467 e. The summed E-state index contributed by atoms with van der Waals surface area (Å²) in [5, 5.41) is 2.94. The first kappa shape index (κ1) is 15.7. The number of amides is 2. The van der Waals surface area contributed by atoms with Crippen molar-refractivity contribution in [2.24, 2.45) is 23.2 Å². The molecule has 4 saturated carbocycles. The smallest absolute Gasteiger partial charge is 0.242 e. The highest BCUT2D eigenvalue weighted by molar-refractivity contribution is 5.88. The summed E-state index contributed by atoms with van der Waals surface area (Å²) >= 11 is 0. The van der Waals surface area contributed by atoms with E-state index in [1.807, 2.05) is 12.1 Å². The molecule has 4 aliphatic rings. The summed E-state index contributed by atoms with van der Waals surface area (Å²) in [6, 6.07) is 3.65. The molecule has 130 valence electrons. The molecule has 2 amide bonds. The number of hydrogen-bond donors (Lipinski definition) is 1. The van der Waals surface area contributed by atoms with Gasteiger partial charge in [0.15, 0.2) is 0 Å². The van der Waals surface area contributed by atoms with Gasteiger partial charge in [-0.3, -0.25) is 9.59 Å². The summed E-state index contributed by atoms with van der Waals surface area (Å²) in [6.45, 7) is 0.511. The Morgan fingerprint density at radius 3 is 2.38 bits per heavy atom. The highest BCUT2D eigenvalue weighted by Crippen LogP contribution is 2.60. The van der Waals surface area contributed by atoms with Gasteiger partial charge >= 0.3 is 0 Å². The minimum Gasteiger partial charge on any atom is -0.467 e. The van der Waals surface area contributed by atoms with Crippen LogP contribution in [0.5, 0.6) is 0 Å². The second-order valence-corrected chi connectivity index (χ2v) is 8.21. The maximum absolute atomic E-state index is 12.8. The number of furan rings is 1. The third-order valence-electron chi connectivity index (χ3n) is 6.32. The number of nitrogens with zero attached hydrogens (tertiary/aromatic N) is 1. The molecule has 1 aromatic rings. The zero-order valence-corrected chi connectivity index (χ0v) is 14.3. The van der Waals surface area contributed by atoms with E-state index < -0.39 is 0 Å². The molecule has 5 heteroatoms. The molecule has 1 aromatic heterocycles. The fraction of sp³-hybridized carbons (Fsp3) is 0.684. The maximum atomic E-state index is 12.8. The van der Waals surface area contributed by atoms with Crippen LogP contribution in [0, 0.1) is 23.2 Å². The molecule has 5 rings (SSSR count). The number of hydrogen-bond acceptors (Lipinski definition) is 3. The Kier molecular flexibility index (Phi) is 3.89. The monoisotopic (exact) mass is 330 g/mol. The average Bonchev–Trinajstić information content (AvgIpc) is 3.03. The van der Waals surface area contributed by atoms with Crippen LogP contribution < -0.4 is 5.32 Å². The highest BCUT2D eigenvalue weighted by atomic mass is 16.3. The molecule has 0 spiro atoms. The molecular formula is C19H26N2O3. The summed E-state index contributed by atoms with van der Waals surface area (Å²) in [7, 11) is 1.74. The highest BCUT2D eigenvalue weighted by Gasteiger charge is 2.54. The normalized spacial score (nSPS) is 33.5. The van der Waals surface area contributed by atoms with Crippen LogP contribution in [0.4, 0.5) is 0 Å². The lowest BCUT2D eigenvalue weighted by Gasteiger charge is -2.55. The Morgan fingerprint density at radius 2 is 1.83 bits per heavy atom. The summed E-state index contributed by atoms with van der Waals surface area (Å²) in [5.74, 6) is 2.99. The van der Waals surface area contributed by atoms with E-state index in [-0.39, 0.29) is 23.8 Å². The van der Waals surface area contributed by atoms with Crippen LogP contribution in [0.1, 0.15) is 44.3 Å². The summed E-state index contributed by atoms with van der Waals surface area (Å²) < 4.78 is 5.26. The summed E-state index contributed by atoms with van der Waals surface area (Å²) in [5.41, 5.74) is -0.186. The van der Waals surface area contributed by atoms with Crippen molar-refractivity contribution in [3.05, 3.63) is 24.2 Å². The number of carbonyl (C=O) groups excluding carboxylic acids is 2. The van der Waals surface area contributed by atoms with E-state index in [1.165, 1.54) is 19.3 Å². The molecule has 4 aliphatic carbocycles. The molecule has 0 aromatic carbocycles. The number of likely N-dealkylation sites (N-methyl/N-ethyl adjacent to an activating group) is 1. The lowest BCUT2D eigenvalue weighted by atomic mass is 9.49. The van der Waals surface area contributed by atoms with Gasteiger partial charge in [-0.25, -0.2) is 0 Å². The van der Waals surface area contributed by atoms with E-state index in [4.69, 9.17) is 4.42 Å². The molecule has 5 nitrogen and oxygen atoms in total. The lowest BCUT2D eigenvalue weighted by Crippen LogP contribution is -2.54. The van der Waals surface area contributed by atoms with Crippen molar-refractivity contribution in [2.75, 3.05) is 13.6 Å². The minimum absolute atomic E-state index is 0.0792. The SMILES string of the molecule is CN(Cc1ccco1)C(=O)CNC(=O)C12CC3CC(CC(C3)C1)C2. The van der Waals surface area contributed by atoms with Crippen LogP contribution in [-0.2, 0) is 16.1 Å². The van der Waals surface area contributed by atoms with Crippen molar-refractivity contribution < 1.29 is 14.0 Å². The molecule has 0 aliphatic heterocycles. The number of carbonyl (C=O) groups is 2. The molecule has 0 saturated heterocycles. The first-order valence-corrected chi connectivity index (χ1v) is 9.09. The molecule has 1 heterocycles. The van der Waals surface area contributed by atoms with Crippen LogP contribution in [0.15, 0.2) is 22.8 Å². The fourth-order valence-electron chi connectivity index (χ4n) is 5.59. The van der Waals surface area contributed by atoms with Crippen molar-refractivity contribution in [1.29, 1.82) is 0 Å². The van der Waals surface area contributed by atoms with E-state index in [2.05, 4.69) is 5.32 Å². The van der Waals surface area contributed by atoms with Gasteiger partial charge in [-0.15, -0.1) is 0 Å². The third kappa shape index (κ3) is 2.85. The predicted molar refractivity (Wildman–Crippen MR) is 88.8 cm³/mol. The second kappa shape index (κ2) is 5.94. The van der Waals surface area contributed by atoms with Gasteiger partial charge in [0.25, 0.3) is 0 Å². The molecule has 1 N–H and O–H groups in total. The molecule has 0 radical (unpaired) electrons. The Balaban J connectivity index is 1.32. The van der Waals surface area contributed by atoms with Crippen molar-refractivity contribution >= 4 is 11.8 Å². The zero-order valence-electron chi connectivity index (χ0n) is 14.3. The number of nitrogens with one attached hydrogen (secondary N) is 1. The maximum Gasteiger partial charge on any atom is 0.242 e. The predicted octanol–water partition coefficient (Wildman–Crippen LogP) is 2.57. The van der Waals surface area contributed by atoms with Crippen molar-refractivity contribution in [2.45, 2.75) is 45.1 Å². The van der Waals surface area contributed by atoms with Crippen LogP contribution >= 0.6 is 0 Å². The van der Waals surface area contributed by atoms with Gasteiger partial charge in [-0.2, -0.15) is 0 Å². The number of rotatable bonds is 5. The lowest BCUT2D eigenvalue weighted by molar-refractivity contribution is -0.147. The van der Waals surface area contributed by atoms with Gasteiger partial charge in [0.1, 0.15) is 5.76 Å². The van der Waals surface area contributed by atoms with E-state index in [9.17, 15) is 9.59 Å². The van der Waals surface area contributed by atoms with Crippen LogP contribution in [-0.4, -0.2) is 30.3 Å². The molecule has 4 fully saturated rings. The van der Waals surface area contributed by atoms with E-state index in [0.29, 0.717) is 6.54 Å². The molecule has 24 heavy (non-hydrogen) atoms. The average molecular weight is 330 g/mol. The van der Waals surface area contributed by atoms with Gasteiger partial charge in [0.05, 0.1) is 19.4 Å².